The van der Waals surface area contributed by atoms with E-state index in [1.807, 2.05) is 71.0 Å². The Bertz CT molecular complexity index is 2000. The van der Waals surface area contributed by atoms with Crippen molar-refractivity contribution in [2.45, 2.75) is 67.5 Å². The van der Waals surface area contributed by atoms with Gasteiger partial charge in [-0.2, -0.15) is 5.26 Å². The van der Waals surface area contributed by atoms with E-state index in [1.54, 1.807) is 36.7 Å². The summed E-state index contributed by atoms with van der Waals surface area (Å²) in [5, 5.41) is 10.7. The molecule has 222 valence electrons. The van der Waals surface area contributed by atoms with Crippen LogP contribution in [0, 0.1) is 39.0 Å². The molecule has 0 radical (unpaired) electrons. The maximum absolute atomic E-state index is 14.1. The average molecular weight is 615 g/mol. The molecule has 0 aliphatic carbocycles. The quantitative estimate of drug-likeness (QED) is 0.255. The van der Waals surface area contributed by atoms with Gasteiger partial charge in [-0.1, -0.05) is 23.5 Å². The molecular formula is C33H34N4O4S2. The van der Waals surface area contributed by atoms with E-state index in [0.29, 0.717) is 38.5 Å². The van der Waals surface area contributed by atoms with Crippen LogP contribution in [0.15, 0.2) is 51.4 Å². The second kappa shape index (κ2) is 11.8. The van der Waals surface area contributed by atoms with Gasteiger partial charge in [-0.05, 0) is 96.4 Å². The molecule has 43 heavy (non-hydrogen) atoms. The molecule has 10 heteroatoms. The summed E-state index contributed by atoms with van der Waals surface area (Å²) in [6.45, 7) is 15.8. The number of allylic oxidation sites excluding steroid dienone is 1. The second-order valence-electron chi connectivity index (χ2n) is 10.8. The van der Waals surface area contributed by atoms with Gasteiger partial charge in [0.1, 0.15) is 16.8 Å². The first kappa shape index (κ1) is 30.3. The molecular weight excluding hydrogens is 581 g/mol. The normalized spacial score (nSPS) is 15.0. The van der Waals surface area contributed by atoms with Crippen LogP contribution in [-0.2, 0) is 9.53 Å². The summed E-state index contributed by atoms with van der Waals surface area (Å²) in [5.74, 6) is 0.208. The smallest absolute Gasteiger partial charge is 0.338 e. The molecule has 1 aliphatic heterocycles. The van der Waals surface area contributed by atoms with Gasteiger partial charge in [0.05, 0.1) is 40.1 Å². The van der Waals surface area contributed by atoms with Crippen LogP contribution in [0.25, 0.3) is 11.1 Å². The van der Waals surface area contributed by atoms with Gasteiger partial charge in [0, 0.05) is 16.3 Å². The van der Waals surface area contributed by atoms with Gasteiger partial charge in [-0.25, -0.2) is 9.79 Å². The minimum absolute atomic E-state index is 0.240. The monoisotopic (exact) mass is 614 g/mol. The summed E-state index contributed by atoms with van der Waals surface area (Å²) in [4.78, 5) is 33.8. The predicted octanol–water partition coefficient (Wildman–Crippen LogP) is 5.54. The summed E-state index contributed by atoms with van der Waals surface area (Å²) >= 11 is 2.88. The summed E-state index contributed by atoms with van der Waals surface area (Å²) in [5.41, 5.74) is 5.80. The van der Waals surface area contributed by atoms with E-state index in [0.717, 1.165) is 38.0 Å². The maximum Gasteiger partial charge on any atom is 0.338 e. The third-order valence-corrected chi connectivity index (χ3v) is 9.71. The topological polar surface area (TPSA) is 98.6 Å². The fourth-order valence-corrected chi connectivity index (χ4v) is 7.63. The highest BCUT2D eigenvalue weighted by Gasteiger charge is 2.34. The number of thiophene rings is 1. The van der Waals surface area contributed by atoms with Gasteiger partial charge in [0.25, 0.3) is 5.56 Å². The SMILES string of the molecule is CCOc1ccc([C@@H]2C(C(=O)OC(C)C)=C(C)N=c3s/c(=C\c4cc(C)n(-c5sc(C)c(C)c5C#N)c4C)c(=O)n32)cc1. The lowest BCUT2D eigenvalue weighted by Crippen LogP contribution is -2.40. The number of ether oxygens (including phenoxy) is 2. The van der Waals surface area contributed by atoms with Crippen LogP contribution in [0.1, 0.15) is 72.3 Å². The van der Waals surface area contributed by atoms with Crippen molar-refractivity contribution in [3.63, 3.8) is 0 Å². The molecule has 0 unspecified atom stereocenters. The van der Waals surface area contributed by atoms with E-state index in [9.17, 15) is 14.9 Å². The number of carbonyl (C=O) groups excluding carboxylic acids is 1. The summed E-state index contributed by atoms with van der Waals surface area (Å²) in [6.07, 6.45) is 1.55. The summed E-state index contributed by atoms with van der Waals surface area (Å²) in [7, 11) is 0. The standard InChI is InChI=1S/C33H34N4O4S2/c1-9-40-25-12-10-23(11-13-25)29-28(32(39)41-17(2)3)20(6)35-33-37(29)30(38)27(43-33)15-24-14-18(4)36(21(24)7)31-26(16-34)19(5)22(8)42-31/h10-15,17,29H,9H2,1-8H3/b27-15-/t29-/m1/s1. The molecule has 1 atom stereocenters. The fourth-order valence-electron chi connectivity index (χ4n) is 5.37. The van der Waals surface area contributed by atoms with Crippen LogP contribution in [0.5, 0.6) is 5.75 Å². The van der Waals surface area contributed by atoms with Crippen molar-refractivity contribution in [3.05, 3.63) is 99.8 Å². The molecule has 0 amide bonds. The van der Waals surface area contributed by atoms with Crippen LogP contribution in [0.2, 0.25) is 0 Å². The average Bonchev–Trinajstić information content (AvgIpc) is 3.52. The Kier molecular flexibility index (Phi) is 8.32. The lowest BCUT2D eigenvalue weighted by atomic mass is 9.96. The maximum atomic E-state index is 14.1. The van der Waals surface area contributed by atoms with Crippen molar-refractivity contribution in [2.24, 2.45) is 4.99 Å². The molecule has 0 saturated heterocycles. The molecule has 0 saturated carbocycles. The van der Waals surface area contributed by atoms with Crippen LogP contribution < -0.4 is 19.6 Å². The van der Waals surface area contributed by atoms with E-state index < -0.39 is 12.0 Å². The van der Waals surface area contributed by atoms with Crippen LogP contribution in [0.3, 0.4) is 0 Å². The minimum Gasteiger partial charge on any atom is -0.494 e. The molecule has 0 spiro atoms. The van der Waals surface area contributed by atoms with Gasteiger partial charge in [-0.3, -0.25) is 9.36 Å². The lowest BCUT2D eigenvalue weighted by Gasteiger charge is -2.25. The van der Waals surface area contributed by atoms with Crippen molar-refractivity contribution >= 4 is 34.7 Å². The molecule has 0 N–H and O–H groups in total. The Labute approximate surface area is 258 Å². The largest absolute Gasteiger partial charge is 0.494 e. The van der Waals surface area contributed by atoms with E-state index in [4.69, 9.17) is 14.5 Å². The molecule has 0 bridgehead atoms. The van der Waals surface area contributed by atoms with Gasteiger partial charge in [0.15, 0.2) is 4.80 Å². The highest BCUT2D eigenvalue weighted by molar-refractivity contribution is 7.15. The summed E-state index contributed by atoms with van der Waals surface area (Å²) in [6, 6.07) is 11.1. The van der Waals surface area contributed by atoms with Crippen molar-refractivity contribution < 1.29 is 14.3 Å². The number of carbonyl (C=O) groups is 1. The molecule has 1 aromatic carbocycles. The zero-order chi connectivity index (χ0) is 31.2. The number of benzene rings is 1. The number of thiazole rings is 1. The zero-order valence-corrected chi connectivity index (χ0v) is 27.2. The number of nitriles is 1. The first-order chi connectivity index (χ1) is 20.5. The number of aromatic nitrogens is 2. The molecule has 3 aromatic heterocycles. The molecule has 5 rings (SSSR count). The Morgan fingerprint density at radius 1 is 1.14 bits per heavy atom. The van der Waals surface area contributed by atoms with Crippen molar-refractivity contribution in [2.75, 3.05) is 6.61 Å². The lowest BCUT2D eigenvalue weighted by molar-refractivity contribution is -0.143. The number of fused-ring (bicyclic) bond motifs is 1. The van der Waals surface area contributed by atoms with E-state index in [1.165, 1.54) is 11.3 Å². The molecule has 1 aliphatic rings. The second-order valence-corrected chi connectivity index (χ2v) is 13.0. The number of aryl methyl sites for hydroxylation is 2. The fraction of sp³-hybridized carbons (Fsp3) is 0.333. The Morgan fingerprint density at radius 3 is 2.47 bits per heavy atom. The Balaban J connectivity index is 1.68. The third kappa shape index (κ3) is 5.39. The minimum atomic E-state index is -0.706. The van der Waals surface area contributed by atoms with Crippen molar-refractivity contribution in [1.29, 1.82) is 5.26 Å². The number of hydrogen-bond acceptors (Lipinski definition) is 8. The Morgan fingerprint density at radius 2 is 1.84 bits per heavy atom. The first-order valence-electron chi connectivity index (χ1n) is 14.1. The molecule has 0 fully saturated rings. The van der Waals surface area contributed by atoms with E-state index >= 15 is 0 Å². The molecule has 4 heterocycles. The van der Waals surface area contributed by atoms with Crippen LogP contribution in [0.4, 0.5) is 0 Å². The highest BCUT2D eigenvalue weighted by Crippen LogP contribution is 2.34. The highest BCUT2D eigenvalue weighted by atomic mass is 32.1. The van der Waals surface area contributed by atoms with E-state index in [2.05, 4.69) is 10.6 Å². The van der Waals surface area contributed by atoms with Crippen LogP contribution >= 0.6 is 22.7 Å². The first-order valence-corrected chi connectivity index (χ1v) is 15.8. The zero-order valence-electron chi connectivity index (χ0n) is 25.6. The predicted molar refractivity (Wildman–Crippen MR) is 170 cm³/mol. The van der Waals surface area contributed by atoms with Gasteiger partial charge < -0.3 is 14.0 Å². The number of esters is 1. The number of nitrogens with zero attached hydrogens (tertiary/aromatic N) is 4. The number of rotatable bonds is 7. The van der Waals surface area contributed by atoms with Gasteiger partial charge in [-0.15, -0.1) is 11.3 Å². The summed E-state index contributed by atoms with van der Waals surface area (Å²) < 4.78 is 15.4. The molecule has 8 nitrogen and oxygen atoms in total. The van der Waals surface area contributed by atoms with Crippen LogP contribution in [-0.4, -0.2) is 27.8 Å². The van der Waals surface area contributed by atoms with Crippen molar-refractivity contribution in [1.82, 2.24) is 9.13 Å². The Hall–Kier alpha value is -4.20. The molecule has 4 aromatic rings. The third-order valence-electron chi connectivity index (χ3n) is 7.53. The van der Waals surface area contributed by atoms with E-state index in [-0.39, 0.29) is 11.7 Å². The van der Waals surface area contributed by atoms with Crippen molar-refractivity contribution in [3.8, 4) is 16.8 Å². The van der Waals surface area contributed by atoms with Gasteiger partial charge >= 0.3 is 5.97 Å². The van der Waals surface area contributed by atoms with Gasteiger partial charge in [0.2, 0.25) is 0 Å². The number of hydrogen-bond donors (Lipinski definition) is 0.